The molecule has 6 nitrogen and oxygen atoms in total. The van der Waals surface area contributed by atoms with E-state index in [2.05, 4.69) is 10.6 Å². The summed E-state index contributed by atoms with van der Waals surface area (Å²) < 4.78 is 27.0. The number of sulfonamides is 1. The first-order chi connectivity index (χ1) is 11.6. The van der Waals surface area contributed by atoms with Crippen LogP contribution in [0.2, 0.25) is 0 Å². The lowest BCUT2D eigenvalue weighted by atomic mass is 10.2. The summed E-state index contributed by atoms with van der Waals surface area (Å²) in [5.74, 6) is -0.223. The van der Waals surface area contributed by atoms with E-state index in [1.54, 1.807) is 18.2 Å². The highest BCUT2D eigenvalue weighted by Gasteiger charge is 2.26. The molecule has 1 amide bonds. The first-order valence-electron chi connectivity index (χ1n) is 8.69. The van der Waals surface area contributed by atoms with Gasteiger partial charge in [-0.2, -0.15) is 4.31 Å². The van der Waals surface area contributed by atoms with Crippen molar-refractivity contribution in [1.29, 1.82) is 0 Å². The first kappa shape index (κ1) is 17.4. The maximum absolute atomic E-state index is 12.7. The van der Waals surface area contributed by atoms with Crippen molar-refractivity contribution in [2.75, 3.05) is 26.2 Å². The third-order valence-corrected chi connectivity index (χ3v) is 6.62. The van der Waals surface area contributed by atoms with Gasteiger partial charge in [0.05, 0.1) is 4.90 Å². The fourth-order valence-corrected chi connectivity index (χ4v) is 4.86. The Bertz CT molecular complexity index is 678. The fraction of sp³-hybridized carbons (Fsp3) is 0.588. The third-order valence-electron chi connectivity index (χ3n) is 4.72. The van der Waals surface area contributed by atoms with Crippen molar-refractivity contribution < 1.29 is 13.2 Å². The highest BCUT2D eigenvalue weighted by atomic mass is 32.2. The number of carbonyl (C=O) groups is 1. The van der Waals surface area contributed by atoms with E-state index in [9.17, 15) is 13.2 Å². The number of rotatable bonds is 5. The quantitative estimate of drug-likeness (QED) is 0.839. The molecule has 0 aliphatic carbocycles. The zero-order chi connectivity index (χ0) is 17.0. The van der Waals surface area contributed by atoms with E-state index in [1.807, 2.05) is 0 Å². The minimum Gasteiger partial charge on any atom is -0.350 e. The van der Waals surface area contributed by atoms with E-state index in [0.717, 1.165) is 38.6 Å². The lowest BCUT2D eigenvalue weighted by molar-refractivity contribution is 0.0950. The molecule has 24 heavy (non-hydrogen) atoms. The van der Waals surface area contributed by atoms with E-state index in [4.69, 9.17) is 0 Å². The molecular formula is C17H25N3O3S. The van der Waals surface area contributed by atoms with E-state index >= 15 is 0 Å². The van der Waals surface area contributed by atoms with Gasteiger partial charge in [-0.25, -0.2) is 8.42 Å². The zero-order valence-corrected chi connectivity index (χ0v) is 14.6. The second-order valence-electron chi connectivity index (χ2n) is 6.50. The number of hydrogen-bond donors (Lipinski definition) is 2. The van der Waals surface area contributed by atoms with Crippen molar-refractivity contribution >= 4 is 15.9 Å². The average molecular weight is 351 g/mol. The van der Waals surface area contributed by atoms with Crippen molar-refractivity contribution in [3.63, 3.8) is 0 Å². The molecule has 1 aromatic carbocycles. The van der Waals surface area contributed by atoms with Gasteiger partial charge < -0.3 is 10.6 Å². The van der Waals surface area contributed by atoms with Crippen molar-refractivity contribution in [2.24, 2.45) is 0 Å². The third kappa shape index (κ3) is 3.96. The molecule has 2 fully saturated rings. The maximum atomic E-state index is 12.7. The summed E-state index contributed by atoms with van der Waals surface area (Å²) in [6, 6.07) is 6.67. The van der Waals surface area contributed by atoms with Gasteiger partial charge in [-0.1, -0.05) is 12.5 Å². The Morgan fingerprint density at radius 1 is 1.21 bits per heavy atom. The number of piperidine rings is 1. The Morgan fingerprint density at radius 3 is 2.71 bits per heavy atom. The summed E-state index contributed by atoms with van der Waals surface area (Å²) in [4.78, 5) is 12.5. The van der Waals surface area contributed by atoms with Gasteiger partial charge in [0.1, 0.15) is 0 Å². The number of hydrogen-bond acceptors (Lipinski definition) is 4. The van der Waals surface area contributed by atoms with Crippen LogP contribution in [0, 0.1) is 0 Å². The molecule has 1 atom stereocenters. The molecule has 2 saturated heterocycles. The van der Waals surface area contributed by atoms with Crippen LogP contribution >= 0.6 is 0 Å². The predicted molar refractivity (Wildman–Crippen MR) is 92.4 cm³/mol. The van der Waals surface area contributed by atoms with E-state index in [0.29, 0.717) is 31.2 Å². The summed E-state index contributed by atoms with van der Waals surface area (Å²) in [6.45, 7) is 2.68. The van der Waals surface area contributed by atoms with Crippen LogP contribution < -0.4 is 10.6 Å². The summed E-state index contributed by atoms with van der Waals surface area (Å²) in [7, 11) is -3.51. The van der Waals surface area contributed by atoms with E-state index in [1.165, 1.54) is 10.4 Å². The van der Waals surface area contributed by atoms with Crippen LogP contribution in [-0.2, 0) is 10.0 Å². The maximum Gasteiger partial charge on any atom is 0.251 e. The van der Waals surface area contributed by atoms with Gasteiger partial charge in [-0.3, -0.25) is 4.79 Å². The Morgan fingerprint density at radius 2 is 2.00 bits per heavy atom. The van der Waals surface area contributed by atoms with Crippen molar-refractivity contribution in [1.82, 2.24) is 14.9 Å². The first-order valence-corrected chi connectivity index (χ1v) is 10.1. The predicted octanol–water partition coefficient (Wildman–Crippen LogP) is 1.34. The number of nitrogens with one attached hydrogen (secondary N) is 2. The van der Waals surface area contributed by atoms with Gasteiger partial charge in [0.15, 0.2) is 0 Å². The van der Waals surface area contributed by atoms with Gasteiger partial charge >= 0.3 is 0 Å². The molecule has 3 rings (SSSR count). The molecule has 0 radical (unpaired) electrons. The monoisotopic (exact) mass is 351 g/mol. The van der Waals surface area contributed by atoms with Crippen LogP contribution in [0.3, 0.4) is 0 Å². The Labute approximate surface area is 143 Å². The molecule has 0 bridgehead atoms. The van der Waals surface area contributed by atoms with E-state index in [-0.39, 0.29) is 10.8 Å². The molecule has 1 unspecified atom stereocenters. The lowest BCUT2D eigenvalue weighted by Gasteiger charge is -2.26. The Balaban J connectivity index is 1.69. The van der Waals surface area contributed by atoms with Crippen LogP contribution in [0.15, 0.2) is 29.2 Å². The normalized spacial score (nSPS) is 22.4. The van der Waals surface area contributed by atoms with E-state index < -0.39 is 10.0 Å². The molecule has 132 valence electrons. The standard InChI is InChI=1S/C17H25N3O3S/c21-17(19-13-15-7-5-9-18-15)14-6-4-8-16(12-14)24(22,23)20-10-2-1-3-11-20/h4,6,8,12,15,18H,1-3,5,7,9-11,13H2,(H,19,21). The minimum absolute atomic E-state index is 0.205. The Hall–Kier alpha value is -1.44. The molecule has 7 heteroatoms. The summed E-state index contributed by atoms with van der Waals surface area (Å²) in [5, 5.41) is 6.21. The molecule has 2 heterocycles. The van der Waals surface area contributed by atoms with Crippen LogP contribution in [0.1, 0.15) is 42.5 Å². The number of carbonyl (C=O) groups excluding carboxylic acids is 1. The molecule has 0 aromatic heterocycles. The average Bonchev–Trinajstić information content (AvgIpc) is 3.14. The molecule has 0 spiro atoms. The summed E-state index contributed by atoms with van der Waals surface area (Å²) in [5.41, 5.74) is 0.395. The van der Waals surface area contributed by atoms with Crippen LogP contribution in [0.5, 0.6) is 0 Å². The minimum atomic E-state index is -3.51. The number of amides is 1. The van der Waals surface area contributed by atoms with Gasteiger partial charge in [0.25, 0.3) is 5.91 Å². The molecule has 2 N–H and O–H groups in total. The summed E-state index contributed by atoms with van der Waals surface area (Å²) in [6.07, 6.45) is 5.05. The molecular weight excluding hydrogens is 326 g/mol. The topological polar surface area (TPSA) is 78.5 Å². The van der Waals surface area contributed by atoms with Crippen LogP contribution in [-0.4, -0.2) is 50.9 Å². The second-order valence-corrected chi connectivity index (χ2v) is 8.43. The van der Waals surface area contributed by atoms with Gasteiger partial charge in [0.2, 0.25) is 10.0 Å². The Kier molecular flexibility index (Phi) is 5.53. The fourth-order valence-electron chi connectivity index (χ4n) is 3.30. The zero-order valence-electron chi connectivity index (χ0n) is 13.8. The van der Waals surface area contributed by atoms with Crippen molar-refractivity contribution in [3.8, 4) is 0 Å². The molecule has 2 aliphatic heterocycles. The second kappa shape index (κ2) is 7.63. The summed E-state index contributed by atoms with van der Waals surface area (Å²) >= 11 is 0. The van der Waals surface area contributed by atoms with Crippen LogP contribution in [0.25, 0.3) is 0 Å². The SMILES string of the molecule is O=C(NCC1CCCN1)c1cccc(S(=O)(=O)N2CCCCC2)c1. The van der Waals surface area contributed by atoms with Crippen LogP contribution in [0.4, 0.5) is 0 Å². The highest BCUT2D eigenvalue weighted by Crippen LogP contribution is 2.21. The molecule has 0 saturated carbocycles. The van der Waals surface area contributed by atoms with Gasteiger partial charge in [0, 0.05) is 31.2 Å². The number of nitrogens with zero attached hydrogens (tertiary/aromatic N) is 1. The smallest absolute Gasteiger partial charge is 0.251 e. The van der Waals surface area contributed by atoms with Crippen molar-refractivity contribution in [2.45, 2.75) is 43.0 Å². The van der Waals surface area contributed by atoms with Gasteiger partial charge in [-0.05, 0) is 50.4 Å². The molecule has 2 aliphatic rings. The van der Waals surface area contributed by atoms with Crippen molar-refractivity contribution in [3.05, 3.63) is 29.8 Å². The van der Waals surface area contributed by atoms with Gasteiger partial charge in [-0.15, -0.1) is 0 Å². The lowest BCUT2D eigenvalue weighted by Crippen LogP contribution is -2.37. The molecule has 1 aromatic rings. The largest absolute Gasteiger partial charge is 0.350 e. The highest BCUT2D eigenvalue weighted by molar-refractivity contribution is 7.89. The number of benzene rings is 1.